The van der Waals surface area contributed by atoms with Crippen molar-refractivity contribution in [3.05, 3.63) is 64.2 Å². The third kappa shape index (κ3) is 12.2. The van der Waals surface area contributed by atoms with Crippen molar-refractivity contribution < 1.29 is 43.0 Å². The average molecular weight is 751 g/mol. The Morgan fingerprint density at radius 1 is 0.926 bits per heavy atom. The molecule has 0 aliphatic carbocycles. The van der Waals surface area contributed by atoms with Crippen LogP contribution in [0.25, 0.3) is 11.2 Å². The molecule has 0 fully saturated rings. The number of rotatable bonds is 20. The molecule has 20 heteroatoms. The molecule has 0 spiro atoms. The number of imide groups is 1. The largest absolute Gasteiger partial charge is 0.467 e. The van der Waals surface area contributed by atoms with Crippen molar-refractivity contribution in [2.24, 2.45) is 0 Å². The first-order chi connectivity index (χ1) is 25.7. The second-order valence-corrected chi connectivity index (χ2v) is 12.2. The second kappa shape index (κ2) is 19.0. The van der Waals surface area contributed by atoms with E-state index in [2.05, 4.69) is 41.2 Å². The molecule has 54 heavy (non-hydrogen) atoms. The zero-order chi connectivity index (χ0) is 39.3. The molecule has 1 atom stereocenters. The summed E-state index contributed by atoms with van der Waals surface area (Å²) in [4.78, 5) is 101. The molecule has 2 aromatic heterocycles. The summed E-state index contributed by atoms with van der Waals surface area (Å²) in [5, 5.41) is 11.1. The van der Waals surface area contributed by atoms with Crippen LogP contribution in [0.2, 0.25) is 0 Å². The maximum atomic E-state index is 12.9. The number of nitrogen functional groups attached to an aromatic ring is 1. The number of carbonyl (C=O) groups excluding carboxylic acids is 6. The molecule has 3 heterocycles. The lowest BCUT2D eigenvalue weighted by Crippen LogP contribution is -2.42. The number of amides is 5. The summed E-state index contributed by atoms with van der Waals surface area (Å²) in [5.74, 6) is -3.99. The van der Waals surface area contributed by atoms with Crippen LogP contribution in [0, 0.1) is 0 Å². The van der Waals surface area contributed by atoms with Gasteiger partial charge in [-0.15, -0.1) is 0 Å². The number of anilines is 2. The first-order valence-corrected chi connectivity index (χ1v) is 16.8. The van der Waals surface area contributed by atoms with Crippen LogP contribution < -0.4 is 32.6 Å². The molecule has 0 unspecified atom stereocenters. The maximum Gasteiger partial charge on any atom is 0.328 e. The minimum atomic E-state index is -1.09. The molecule has 288 valence electrons. The van der Waals surface area contributed by atoms with E-state index in [9.17, 15) is 33.6 Å². The van der Waals surface area contributed by atoms with Crippen molar-refractivity contribution in [1.29, 1.82) is 0 Å². The Morgan fingerprint density at radius 3 is 2.19 bits per heavy atom. The highest BCUT2D eigenvalue weighted by molar-refractivity contribution is 6.13. The van der Waals surface area contributed by atoms with Gasteiger partial charge in [0.15, 0.2) is 17.0 Å². The number of hydrogen-bond acceptors (Lipinski definition) is 15. The number of H-pyrrole nitrogens is 1. The van der Waals surface area contributed by atoms with Gasteiger partial charge in [-0.2, -0.15) is 4.98 Å². The van der Waals surface area contributed by atoms with Crippen LogP contribution in [-0.2, 0) is 44.7 Å². The third-order valence-electron chi connectivity index (χ3n) is 7.77. The summed E-state index contributed by atoms with van der Waals surface area (Å²) < 4.78 is 16.2. The Labute approximate surface area is 308 Å². The topological polar surface area (TPSA) is 279 Å². The van der Waals surface area contributed by atoms with Gasteiger partial charge in [-0.1, -0.05) is 0 Å². The lowest BCUT2D eigenvalue weighted by Gasteiger charge is -2.26. The number of ether oxygens (including phenoxy) is 3. The van der Waals surface area contributed by atoms with Gasteiger partial charge in [-0.3, -0.25) is 38.7 Å². The van der Waals surface area contributed by atoms with Gasteiger partial charge in [-0.25, -0.2) is 14.8 Å². The van der Waals surface area contributed by atoms with Gasteiger partial charge < -0.3 is 41.2 Å². The lowest BCUT2D eigenvalue weighted by atomic mass is 10.1. The number of methoxy groups -OCH3 is 1. The van der Waals surface area contributed by atoms with Gasteiger partial charge in [-0.05, 0) is 44.5 Å². The Morgan fingerprint density at radius 2 is 1.56 bits per heavy atom. The first kappa shape index (κ1) is 40.5. The summed E-state index contributed by atoms with van der Waals surface area (Å²) in [5.41, 5.74) is 6.58. The SMILES string of the molecule is COC(=O)[C@H](CCC(=O)NCCOC(C)(C)OCCNC(=O)CCN1C(=O)C=CC1=O)NC(=O)c1ccc(NCc2cnc3nc(N)[nH]c(=O)c3n2)cc1. The molecule has 0 bridgehead atoms. The Kier molecular flexibility index (Phi) is 14.2. The number of benzene rings is 1. The van der Waals surface area contributed by atoms with E-state index in [1.807, 2.05) is 0 Å². The lowest BCUT2D eigenvalue weighted by molar-refractivity contribution is -0.211. The van der Waals surface area contributed by atoms with Crippen molar-refractivity contribution >= 4 is 58.3 Å². The number of nitrogens with zero attached hydrogens (tertiary/aromatic N) is 4. The molecule has 20 nitrogen and oxygen atoms in total. The molecule has 3 aromatic rings. The van der Waals surface area contributed by atoms with Crippen molar-refractivity contribution in [1.82, 2.24) is 40.8 Å². The van der Waals surface area contributed by atoms with Gasteiger partial charge >= 0.3 is 5.97 Å². The number of esters is 1. The summed E-state index contributed by atoms with van der Waals surface area (Å²) in [6.07, 6.45) is 3.62. The summed E-state index contributed by atoms with van der Waals surface area (Å²) >= 11 is 0. The number of nitrogens with one attached hydrogen (secondary N) is 5. The van der Waals surface area contributed by atoms with Crippen LogP contribution in [0.3, 0.4) is 0 Å². The summed E-state index contributed by atoms with van der Waals surface area (Å²) in [7, 11) is 1.18. The third-order valence-corrected chi connectivity index (χ3v) is 7.77. The van der Waals surface area contributed by atoms with Crippen molar-refractivity contribution in [2.75, 3.05) is 51.0 Å². The number of hydrogen-bond donors (Lipinski definition) is 6. The van der Waals surface area contributed by atoms with Crippen LogP contribution in [0.1, 0.15) is 49.2 Å². The van der Waals surface area contributed by atoms with E-state index in [0.717, 1.165) is 17.1 Å². The number of nitrogens with two attached hydrogens (primary N) is 1. The first-order valence-electron chi connectivity index (χ1n) is 16.8. The molecular formula is C34H42N10O10. The van der Waals surface area contributed by atoms with Gasteiger partial charge in [0.2, 0.25) is 17.8 Å². The van der Waals surface area contributed by atoms with E-state index < -0.39 is 41.1 Å². The maximum absolute atomic E-state index is 12.9. The molecule has 1 aliphatic rings. The molecule has 5 amide bonds. The minimum absolute atomic E-state index is 0.0161. The van der Waals surface area contributed by atoms with Gasteiger partial charge in [0.25, 0.3) is 23.3 Å². The number of carbonyl (C=O) groups is 6. The summed E-state index contributed by atoms with van der Waals surface area (Å²) in [6, 6.07) is 5.31. The molecule has 1 aromatic carbocycles. The Balaban J connectivity index is 1.12. The molecule has 7 N–H and O–H groups in total. The highest BCUT2D eigenvalue weighted by atomic mass is 16.7. The number of aromatic nitrogens is 4. The van der Waals surface area contributed by atoms with E-state index in [-0.39, 0.29) is 93.1 Å². The van der Waals surface area contributed by atoms with Gasteiger partial charge in [0, 0.05) is 55.9 Å². The van der Waals surface area contributed by atoms with Crippen LogP contribution in [0.5, 0.6) is 0 Å². The fraction of sp³-hybridized carbons (Fsp3) is 0.412. The highest BCUT2D eigenvalue weighted by Gasteiger charge is 2.25. The van der Waals surface area contributed by atoms with Crippen LogP contribution in [0.4, 0.5) is 11.6 Å². The highest BCUT2D eigenvalue weighted by Crippen LogP contribution is 2.13. The molecule has 0 saturated carbocycles. The standard InChI is InChI=1S/C34H42N10O10/c1-34(2,54-17-14-37-25(46)12-15-44-26(47)10-11-27(44)48)53-16-13-36-24(45)9-8-23(32(51)52-3)41-30(49)20-4-6-21(7-5-20)38-18-22-19-39-29-28(40-22)31(50)43-33(35)42-29/h4-7,10-11,19,23,38H,8-9,12-18H2,1-3H3,(H,36,45)(H,37,46)(H,41,49)(H3,35,39,42,43,50)/t23-/m0/s1. The fourth-order valence-electron chi connectivity index (χ4n) is 4.95. The number of fused-ring (bicyclic) bond motifs is 1. The zero-order valence-electron chi connectivity index (χ0n) is 29.9. The molecule has 1 aliphatic heterocycles. The van der Waals surface area contributed by atoms with E-state index in [1.54, 1.807) is 38.1 Å². The van der Waals surface area contributed by atoms with Crippen LogP contribution in [0.15, 0.2) is 47.4 Å². The number of aromatic amines is 1. The van der Waals surface area contributed by atoms with E-state index >= 15 is 0 Å². The van der Waals surface area contributed by atoms with Gasteiger partial charge in [0.1, 0.15) is 6.04 Å². The quantitative estimate of drug-likeness (QED) is 0.0360. The van der Waals surface area contributed by atoms with Gasteiger partial charge in [0.05, 0.1) is 38.8 Å². The Bertz CT molecular complexity index is 1930. The predicted molar refractivity (Wildman–Crippen MR) is 191 cm³/mol. The van der Waals surface area contributed by atoms with Crippen molar-refractivity contribution in [3.63, 3.8) is 0 Å². The van der Waals surface area contributed by atoms with Crippen molar-refractivity contribution in [2.45, 2.75) is 51.5 Å². The summed E-state index contributed by atoms with van der Waals surface area (Å²) in [6.45, 7) is 4.08. The molecule has 0 radical (unpaired) electrons. The smallest absolute Gasteiger partial charge is 0.328 e. The average Bonchev–Trinajstić information content (AvgIpc) is 3.47. The van der Waals surface area contributed by atoms with Crippen LogP contribution in [-0.4, -0.2) is 112 Å². The molecule has 4 rings (SSSR count). The van der Waals surface area contributed by atoms with Crippen LogP contribution >= 0.6 is 0 Å². The fourth-order valence-corrected chi connectivity index (χ4v) is 4.95. The Hall–Kier alpha value is -6.28. The zero-order valence-corrected chi connectivity index (χ0v) is 29.9. The van der Waals surface area contributed by atoms with Crippen molar-refractivity contribution in [3.8, 4) is 0 Å². The minimum Gasteiger partial charge on any atom is -0.467 e. The van der Waals surface area contributed by atoms with E-state index in [1.165, 1.54) is 13.3 Å². The normalized spacial score (nSPS) is 13.1. The monoisotopic (exact) mass is 750 g/mol. The van der Waals surface area contributed by atoms with E-state index in [0.29, 0.717) is 11.4 Å². The van der Waals surface area contributed by atoms with E-state index in [4.69, 9.17) is 19.9 Å². The molecule has 0 saturated heterocycles. The second-order valence-electron chi connectivity index (χ2n) is 12.2. The molecular weight excluding hydrogens is 708 g/mol. The predicted octanol–water partition coefficient (Wildman–Crippen LogP) is -0.724.